The second-order valence-electron chi connectivity index (χ2n) is 6.85. The number of benzene rings is 1. The van der Waals surface area contributed by atoms with E-state index in [9.17, 15) is 9.59 Å². The number of halogens is 2. The van der Waals surface area contributed by atoms with E-state index in [1.807, 2.05) is 11.0 Å². The van der Waals surface area contributed by atoms with Crippen molar-refractivity contribution in [2.24, 2.45) is 11.8 Å². The molecule has 2 atom stereocenters. The van der Waals surface area contributed by atoms with Gasteiger partial charge in [0.25, 0.3) is 0 Å². The molecule has 25 heavy (non-hydrogen) atoms. The van der Waals surface area contributed by atoms with Crippen molar-refractivity contribution in [1.29, 1.82) is 0 Å². The van der Waals surface area contributed by atoms with Crippen molar-refractivity contribution in [3.8, 4) is 0 Å². The summed E-state index contributed by atoms with van der Waals surface area (Å²) in [7, 11) is 2.06. The van der Waals surface area contributed by atoms with Gasteiger partial charge in [-0.2, -0.15) is 0 Å². The van der Waals surface area contributed by atoms with E-state index in [0.29, 0.717) is 29.4 Å². The zero-order valence-electron chi connectivity index (χ0n) is 14.3. The normalized spacial score (nSPS) is 23.4. The molecule has 2 aliphatic rings. The van der Waals surface area contributed by atoms with Crippen molar-refractivity contribution in [3.63, 3.8) is 0 Å². The second-order valence-corrected chi connectivity index (χ2v) is 7.70. The van der Waals surface area contributed by atoms with Crippen molar-refractivity contribution in [2.75, 3.05) is 39.8 Å². The highest BCUT2D eigenvalue weighted by molar-refractivity contribution is 6.35. The maximum atomic E-state index is 12.5. The molecule has 5 nitrogen and oxygen atoms in total. The van der Waals surface area contributed by atoms with Crippen LogP contribution in [0.3, 0.4) is 0 Å². The second kappa shape index (κ2) is 7.94. The zero-order valence-corrected chi connectivity index (χ0v) is 15.8. The van der Waals surface area contributed by atoms with Gasteiger partial charge in [-0.25, -0.2) is 0 Å². The number of hydrogen-bond donors (Lipinski definition) is 1. The number of nitrogens with zero attached hydrogens (tertiary/aromatic N) is 2. The first kappa shape index (κ1) is 18.5. The molecule has 2 fully saturated rings. The van der Waals surface area contributed by atoms with Crippen molar-refractivity contribution in [1.82, 2.24) is 15.1 Å². The molecule has 7 heteroatoms. The fraction of sp³-hybridized carbons (Fsp3) is 0.556. The maximum absolute atomic E-state index is 12.5. The van der Waals surface area contributed by atoms with Gasteiger partial charge in [0.1, 0.15) is 0 Å². The van der Waals surface area contributed by atoms with Crippen LogP contribution in [0.25, 0.3) is 0 Å². The third kappa shape index (κ3) is 4.66. The minimum atomic E-state index is -0.173. The molecule has 136 valence electrons. The van der Waals surface area contributed by atoms with Crippen LogP contribution in [0.5, 0.6) is 0 Å². The van der Waals surface area contributed by atoms with Crippen LogP contribution < -0.4 is 5.32 Å². The summed E-state index contributed by atoms with van der Waals surface area (Å²) >= 11 is 12.0. The van der Waals surface area contributed by atoms with Crippen LogP contribution in [-0.2, 0) is 16.0 Å². The minimum absolute atomic E-state index is 0.0300. The predicted molar refractivity (Wildman–Crippen MR) is 98.8 cm³/mol. The van der Waals surface area contributed by atoms with Gasteiger partial charge >= 0.3 is 0 Å². The number of rotatable bonds is 5. The SMILES string of the molecule is CN1CCN(C(=O)C2CC2C(=O)NCCc2ccc(Cl)cc2Cl)CC1. The summed E-state index contributed by atoms with van der Waals surface area (Å²) in [6, 6.07) is 5.36. The van der Waals surface area contributed by atoms with Gasteiger partial charge < -0.3 is 15.1 Å². The Balaban J connectivity index is 1.42. The number of likely N-dealkylation sites (N-methyl/N-ethyl adjacent to an activating group) is 1. The Hall–Kier alpha value is -1.30. The molecule has 2 unspecified atom stereocenters. The molecule has 1 aromatic rings. The van der Waals surface area contributed by atoms with Gasteiger partial charge in [0.05, 0.1) is 11.8 Å². The van der Waals surface area contributed by atoms with Crippen LogP contribution in [0.2, 0.25) is 10.0 Å². The number of hydrogen-bond acceptors (Lipinski definition) is 3. The van der Waals surface area contributed by atoms with Crippen molar-refractivity contribution in [2.45, 2.75) is 12.8 Å². The van der Waals surface area contributed by atoms with Crippen molar-refractivity contribution in [3.05, 3.63) is 33.8 Å². The van der Waals surface area contributed by atoms with E-state index in [0.717, 1.165) is 31.7 Å². The van der Waals surface area contributed by atoms with E-state index in [2.05, 4.69) is 17.3 Å². The molecule has 2 amide bonds. The first-order valence-electron chi connectivity index (χ1n) is 8.64. The smallest absolute Gasteiger partial charge is 0.226 e. The lowest BCUT2D eigenvalue weighted by molar-refractivity contribution is -0.136. The average molecular weight is 384 g/mol. The summed E-state index contributed by atoms with van der Waals surface area (Å²) < 4.78 is 0. The Morgan fingerprint density at radius 2 is 1.88 bits per heavy atom. The van der Waals surface area contributed by atoms with Gasteiger partial charge in [-0.1, -0.05) is 29.3 Å². The minimum Gasteiger partial charge on any atom is -0.356 e. The molecule has 0 radical (unpaired) electrons. The molecule has 1 aromatic carbocycles. The summed E-state index contributed by atoms with van der Waals surface area (Å²) in [5, 5.41) is 4.13. The lowest BCUT2D eigenvalue weighted by Gasteiger charge is -2.32. The Labute approximate surface area is 158 Å². The Morgan fingerprint density at radius 1 is 1.16 bits per heavy atom. The third-order valence-corrected chi connectivity index (χ3v) is 5.55. The van der Waals surface area contributed by atoms with Gasteiger partial charge in [0.2, 0.25) is 11.8 Å². The molecule has 1 saturated carbocycles. The summed E-state index contributed by atoms with van der Waals surface area (Å²) in [5.41, 5.74) is 0.951. The summed E-state index contributed by atoms with van der Waals surface area (Å²) in [5.74, 6) is -0.207. The first-order chi connectivity index (χ1) is 12.0. The lowest BCUT2D eigenvalue weighted by atomic mass is 10.1. The Kier molecular flexibility index (Phi) is 5.87. The lowest BCUT2D eigenvalue weighted by Crippen LogP contribution is -2.48. The number of nitrogens with one attached hydrogen (secondary N) is 1. The highest BCUT2D eigenvalue weighted by Gasteiger charge is 2.49. The standard InChI is InChI=1S/C18H23Cl2N3O2/c1-22-6-8-23(9-7-22)18(25)15-11-14(15)17(24)21-5-4-12-2-3-13(19)10-16(12)20/h2-3,10,14-15H,4-9,11H2,1H3,(H,21,24). The van der Waals surface area contributed by atoms with E-state index >= 15 is 0 Å². The highest BCUT2D eigenvalue weighted by Crippen LogP contribution is 2.40. The van der Waals surface area contributed by atoms with E-state index in [1.54, 1.807) is 12.1 Å². The fourth-order valence-electron chi connectivity index (χ4n) is 3.19. The molecule has 1 aliphatic carbocycles. The molecule has 0 bridgehead atoms. The summed E-state index contributed by atoms with van der Waals surface area (Å²) in [6.07, 6.45) is 1.31. The van der Waals surface area contributed by atoms with E-state index < -0.39 is 0 Å². The number of piperazine rings is 1. The van der Waals surface area contributed by atoms with Gasteiger partial charge in [-0.15, -0.1) is 0 Å². The average Bonchev–Trinajstić information content (AvgIpc) is 3.37. The summed E-state index contributed by atoms with van der Waals surface area (Å²) in [6.45, 7) is 3.82. The van der Waals surface area contributed by atoms with E-state index in [4.69, 9.17) is 23.2 Å². The molecule has 3 rings (SSSR count). The quantitative estimate of drug-likeness (QED) is 0.846. The molecular formula is C18H23Cl2N3O2. The molecular weight excluding hydrogens is 361 g/mol. The molecule has 1 saturated heterocycles. The molecule has 0 spiro atoms. The fourth-order valence-corrected chi connectivity index (χ4v) is 3.70. The molecule has 1 aliphatic heterocycles. The zero-order chi connectivity index (χ0) is 18.0. The number of carbonyl (C=O) groups excluding carboxylic acids is 2. The highest BCUT2D eigenvalue weighted by atomic mass is 35.5. The molecule has 1 N–H and O–H groups in total. The Morgan fingerprint density at radius 3 is 2.56 bits per heavy atom. The van der Waals surface area contributed by atoms with E-state index in [1.165, 1.54) is 0 Å². The van der Waals surface area contributed by atoms with Crippen LogP contribution in [0.1, 0.15) is 12.0 Å². The van der Waals surface area contributed by atoms with Gasteiger partial charge in [0.15, 0.2) is 0 Å². The van der Waals surface area contributed by atoms with Crippen molar-refractivity contribution < 1.29 is 9.59 Å². The van der Waals surface area contributed by atoms with E-state index in [-0.39, 0.29) is 23.7 Å². The van der Waals surface area contributed by atoms with Crippen LogP contribution in [0, 0.1) is 11.8 Å². The topological polar surface area (TPSA) is 52.7 Å². The maximum Gasteiger partial charge on any atom is 0.226 e. The predicted octanol–water partition coefficient (Wildman–Crippen LogP) is 2.06. The monoisotopic (exact) mass is 383 g/mol. The van der Waals surface area contributed by atoms with Crippen LogP contribution in [0.15, 0.2) is 18.2 Å². The Bertz CT molecular complexity index is 660. The first-order valence-corrected chi connectivity index (χ1v) is 9.40. The van der Waals surface area contributed by atoms with Crippen LogP contribution in [-0.4, -0.2) is 61.4 Å². The summed E-state index contributed by atoms with van der Waals surface area (Å²) in [4.78, 5) is 28.8. The number of carbonyl (C=O) groups is 2. The third-order valence-electron chi connectivity index (χ3n) is 4.97. The molecule has 0 aromatic heterocycles. The van der Waals surface area contributed by atoms with Crippen molar-refractivity contribution >= 4 is 35.0 Å². The van der Waals surface area contributed by atoms with Gasteiger partial charge in [-0.3, -0.25) is 9.59 Å². The molecule has 1 heterocycles. The van der Waals surface area contributed by atoms with Crippen LogP contribution in [0.4, 0.5) is 0 Å². The van der Waals surface area contributed by atoms with Crippen LogP contribution >= 0.6 is 23.2 Å². The number of amides is 2. The van der Waals surface area contributed by atoms with Gasteiger partial charge in [-0.05, 0) is 37.6 Å². The largest absolute Gasteiger partial charge is 0.356 e. The van der Waals surface area contributed by atoms with Gasteiger partial charge in [0, 0.05) is 42.8 Å².